The summed E-state index contributed by atoms with van der Waals surface area (Å²) in [5.74, 6) is -0.0923. The highest BCUT2D eigenvalue weighted by Gasteiger charge is 2.25. The molecule has 0 radical (unpaired) electrons. The van der Waals surface area contributed by atoms with E-state index >= 15 is 0 Å². The van der Waals surface area contributed by atoms with Crippen LogP contribution in [0.5, 0.6) is 0 Å². The molecule has 1 aliphatic rings. The van der Waals surface area contributed by atoms with Gasteiger partial charge in [-0.25, -0.2) is 0 Å². The monoisotopic (exact) mass is 432 g/mol. The number of aromatic nitrogens is 2. The van der Waals surface area contributed by atoms with Crippen molar-refractivity contribution in [2.24, 2.45) is 0 Å². The Morgan fingerprint density at radius 3 is 2.68 bits per heavy atom. The van der Waals surface area contributed by atoms with Crippen LogP contribution in [0.25, 0.3) is 21.0 Å². The van der Waals surface area contributed by atoms with Crippen LogP contribution >= 0.6 is 11.3 Å². The number of benzene rings is 1. The van der Waals surface area contributed by atoms with E-state index in [0.29, 0.717) is 16.3 Å². The lowest BCUT2D eigenvalue weighted by Gasteiger charge is -2.36. The Morgan fingerprint density at radius 2 is 1.90 bits per heavy atom. The Hall–Kier alpha value is -3.03. The SMILES string of the molecule is CC(c1ccncc1)N1CCC(NC(=O)c2cc3c(=O)[nH]c4ccccc4c3s2)CC1. The molecule has 0 bridgehead atoms. The molecule has 4 heterocycles. The second kappa shape index (κ2) is 8.24. The third kappa shape index (κ3) is 3.86. The Labute approximate surface area is 183 Å². The standard InChI is InChI=1S/C24H24N4O2S/c1-15(16-6-10-25-11-7-16)28-12-8-17(9-13-28)26-24(30)21-14-19-22(31-21)18-4-2-3-5-20(18)27-23(19)29/h2-7,10-11,14-15,17H,8-9,12-13H2,1H3,(H,26,30)(H,27,29). The van der Waals surface area contributed by atoms with Gasteiger partial charge in [0, 0.05) is 53.2 Å². The normalized spacial score (nSPS) is 16.5. The molecule has 7 heteroatoms. The molecule has 1 aliphatic heterocycles. The van der Waals surface area contributed by atoms with Crippen LogP contribution in [0.15, 0.2) is 59.7 Å². The fraction of sp³-hybridized carbons (Fsp3) is 0.292. The molecule has 31 heavy (non-hydrogen) atoms. The van der Waals surface area contributed by atoms with Crippen LogP contribution < -0.4 is 10.9 Å². The first-order chi connectivity index (χ1) is 15.1. The van der Waals surface area contributed by atoms with Crippen LogP contribution in [0, 0.1) is 0 Å². The van der Waals surface area contributed by atoms with Crippen LogP contribution in [-0.2, 0) is 0 Å². The number of nitrogens with zero attached hydrogens (tertiary/aromatic N) is 2. The minimum Gasteiger partial charge on any atom is -0.349 e. The highest BCUT2D eigenvalue weighted by atomic mass is 32.1. The van der Waals surface area contributed by atoms with Crippen molar-refractivity contribution in [1.29, 1.82) is 0 Å². The largest absolute Gasteiger partial charge is 0.349 e. The Kier molecular flexibility index (Phi) is 5.29. The number of aromatic amines is 1. The molecule has 1 saturated heterocycles. The third-order valence-electron chi connectivity index (χ3n) is 6.22. The van der Waals surface area contributed by atoms with Crippen LogP contribution in [0.2, 0.25) is 0 Å². The summed E-state index contributed by atoms with van der Waals surface area (Å²) < 4.78 is 0.866. The lowest BCUT2D eigenvalue weighted by molar-refractivity contribution is 0.0900. The van der Waals surface area contributed by atoms with Gasteiger partial charge < -0.3 is 10.3 Å². The predicted octanol–water partition coefficient (Wildman–Crippen LogP) is 4.09. The number of fused-ring (bicyclic) bond motifs is 3. The second-order valence-corrected chi connectivity index (χ2v) is 9.15. The van der Waals surface area contributed by atoms with Crippen molar-refractivity contribution in [2.45, 2.75) is 31.8 Å². The smallest absolute Gasteiger partial charge is 0.261 e. The summed E-state index contributed by atoms with van der Waals surface area (Å²) in [6, 6.07) is 14.0. The number of carbonyl (C=O) groups is 1. The topological polar surface area (TPSA) is 78.1 Å². The summed E-state index contributed by atoms with van der Waals surface area (Å²) in [4.78, 5) is 35.4. The number of para-hydroxylation sites is 1. The van der Waals surface area contributed by atoms with E-state index in [4.69, 9.17) is 0 Å². The van der Waals surface area contributed by atoms with Crippen molar-refractivity contribution in [1.82, 2.24) is 20.2 Å². The van der Waals surface area contributed by atoms with Gasteiger partial charge in [-0.2, -0.15) is 0 Å². The fourth-order valence-electron chi connectivity index (χ4n) is 4.39. The van der Waals surface area contributed by atoms with Gasteiger partial charge in [-0.05, 0) is 49.6 Å². The molecule has 3 aromatic heterocycles. The number of hydrogen-bond donors (Lipinski definition) is 2. The van der Waals surface area contributed by atoms with Crippen molar-refractivity contribution >= 4 is 38.2 Å². The van der Waals surface area contributed by atoms with Crippen LogP contribution in [-0.4, -0.2) is 39.9 Å². The van der Waals surface area contributed by atoms with E-state index in [0.717, 1.165) is 41.5 Å². The minimum atomic E-state index is -0.151. The van der Waals surface area contributed by atoms with Crippen LogP contribution in [0.1, 0.15) is 41.0 Å². The van der Waals surface area contributed by atoms with Gasteiger partial charge in [0.15, 0.2) is 0 Å². The molecular formula is C24H24N4O2S. The molecule has 4 aromatic rings. The Morgan fingerprint density at radius 1 is 1.16 bits per heavy atom. The zero-order valence-electron chi connectivity index (χ0n) is 17.3. The number of nitrogens with one attached hydrogen (secondary N) is 2. The summed E-state index contributed by atoms with van der Waals surface area (Å²) in [6.45, 7) is 4.09. The van der Waals surface area contributed by atoms with Gasteiger partial charge >= 0.3 is 0 Å². The average molecular weight is 433 g/mol. The number of pyridine rings is 2. The zero-order chi connectivity index (χ0) is 21.4. The average Bonchev–Trinajstić information content (AvgIpc) is 3.27. The lowest BCUT2D eigenvalue weighted by atomic mass is 10.0. The van der Waals surface area contributed by atoms with E-state index in [1.54, 1.807) is 6.07 Å². The van der Waals surface area contributed by atoms with Crippen molar-refractivity contribution in [3.63, 3.8) is 0 Å². The summed E-state index contributed by atoms with van der Waals surface area (Å²) >= 11 is 1.39. The number of amides is 1. The minimum absolute atomic E-state index is 0.0923. The third-order valence-corrected chi connectivity index (χ3v) is 7.39. The molecule has 1 amide bonds. The number of likely N-dealkylation sites (tertiary alicyclic amines) is 1. The highest BCUT2D eigenvalue weighted by Crippen LogP contribution is 2.30. The van der Waals surface area contributed by atoms with Gasteiger partial charge in [-0.15, -0.1) is 11.3 Å². The first-order valence-corrected chi connectivity index (χ1v) is 11.4. The van der Waals surface area contributed by atoms with Gasteiger partial charge in [0.05, 0.1) is 10.3 Å². The van der Waals surface area contributed by atoms with Crippen molar-refractivity contribution < 1.29 is 4.79 Å². The summed E-state index contributed by atoms with van der Waals surface area (Å²) in [5.41, 5.74) is 1.91. The molecule has 0 saturated carbocycles. The number of thiophene rings is 1. The molecule has 1 atom stereocenters. The number of H-pyrrole nitrogens is 1. The predicted molar refractivity (Wildman–Crippen MR) is 125 cm³/mol. The number of carbonyl (C=O) groups excluding carboxylic acids is 1. The van der Waals surface area contributed by atoms with Crippen LogP contribution in [0.4, 0.5) is 0 Å². The number of hydrogen-bond acceptors (Lipinski definition) is 5. The fourth-order valence-corrected chi connectivity index (χ4v) is 5.49. The van der Waals surface area contributed by atoms with Gasteiger partial charge in [-0.3, -0.25) is 19.5 Å². The van der Waals surface area contributed by atoms with E-state index in [2.05, 4.69) is 39.2 Å². The maximum absolute atomic E-state index is 12.9. The number of piperidine rings is 1. The van der Waals surface area contributed by atoms with Crippen molar-refractivity contribution in [2.75, 3.05) is 13.1 Å². The Bertz CT molecular complexity index is 1290. The molecule has 0 spiro atoms. The summed E-state index contributed by atoms with van der Waals surface area (Å²) in [5, 5.41) is 4.74. The molecule has 6 nitrogen and oxygen atoms in total. The number of rotatable bonds is 4. The first-order valence-electron chi connectivity index (χ1n) is 10.6. The van der Waals surface area contributed by atoms with Crippen LogP contribution in [0.3, 0.4) is 0 Å². The lowest BCUT2D eigenvalue weighted by Crippen LogP contribution is -2.45. The second-order valence-electron chi connectivity index (χ2n) is 8.09. The van der Waals surface area contributed by atoms with Crippen molar-refractivity contribution in [3.8, 4) is 0 Å². The molecule has 2 N–H and O–H groups in total. The van der Waals surface area contributed by atoms with Gasteiger partial charge in [-0.1, -0.05) is 18.2 Å². The van der Waals surface area contributed by atoms with E-state index in [1.165, 1.54) is 16.9 Å². The maximum Gasteiger partial charge on any atom is 0.261 e. The molecule has 5 rings (SSSR count). The molecule has 1 aromatic carbocycles. The van der Waals surface area contributed by atoms with E-state index in [9.17, 15) is 9.59 Å². The van der Waals surface area contributed by atoms with Gasteiger partial charge in [0.1, 0.15) is 0 Å². The molecule has 158 valence electrons. The van der Waals surface area contributed by atoms with Crippen molar-refractivity contribution in [3.05, 3.63) is 75.7 Å². The van der Waals surface area contributed by atoms with Gasteiger partial charge in [0.25, 0.3) is 11.5 Å². The summed E-state index contributed by atoms with van der Waals surface area (Å²) in [7, 11) is 0. The quantitative estimate of drug-likeness (QED) is 0.509. The van der Waals surface area contributed by atoms with Gasteiger partial charge in [0.2, 0.25) is 0 Å². The molecule has 1 unspecified atom stereocenters. The van der Waals surface area contributed by atoms with E-state index in [1.807, 2.05) is 36.7 Å². The zero-order valence-corrected chi connectivity index (χ0v) is 18.1. The first kappa shape index (κ1) is 19.9. The Balaban J connectivity index is 1.28. The summed E-state index contributed by atoms with van der Waals surface area (Å²) in [6.07, 6.45) is 5.49. The molecular weight excluding hydrogens is 408 g/mol. The molecule has 0 aliphatic carbocycles. The van der Waals surface area contributed by atoms with E-state index < -0.39 is 0 Å². The molecule has 1 fully saturated rings. The van der Waals surface area contributed by atoms with E-state index in [-0.39, 0.29) is 17.5 Å². The highest BCUT2D eigenvalue weighted by molar-refractivity contribution is 7.21. The maximum atomic E-state index is 12.9.